The average Bonchev–Trinajstić information content (AvgIpc) is 3.28. The number of allylic oxidation sites excluding steroid dienone is 1. The summed E-state index contributed by atoms with van der Waals surface area (Å²) in [7, 11) is 0. The Hall–Kier alpha value is -1.04. The van der Waals surface area contributed by atoms with Gasteiger partial charge in [0.2, 0.25) is 0 Å². The molecule has 6 rings (SSSR count). The molecular weight excluding hydrogens is 432 g/mol. The molecule has 2 heterocycles. The Morgan fingerprint density at radius 2 is 1.94 bits per heavy atom. The molecule has 11 atom stereocenters. The number of hydrazine groups is 1. The minimum absolute atomic E-state index is 0.0591. The van der Waals surface area contributed by atoms with E-state index in [9.17, 15) is 0 Å². The third-order valence-corrected chi connectivity index (χ3v) is 12.3. The van der Waals surface area contributed by atoms with Crippen LogP contribution < -0.4 is 16.9 Å². The lowest BCUT2D eigenvalue weighted by Crippen LogP contribution is -2.51. The van der Waals surface area contributed by atoms with Crippen molar-refractivity contribution in [3.8, 4) is 0 Å². The first-order chi connectivity index (χ1) is 16.8. The van der Waals surface area contributed by atoms with Crippen LogP contribution in [0.4, 0.5) is 0 Å². The van der Waals surface area contributed by atoms with Crippen LogP contribution in [0.3, 0.4) is 0 Å². The molecule has 0 aromatic carbocycles. The van der Waals surface area contributed by atoms with Crippen LogP contribution >= 0.6 is 0 Å². The van der Waals surface area contributed by atoms with E-state index >= 15 is 0 Å². The highest BCUT2D eigenvalue weighted by molar-refractivity contribution is 5.29. The van der Waals surface area contributed by atoms with E-state index in [0.29, 0.717) is 29.5 Å². The van der Waals surface area contributed by atoms with E-state index in [1.165, 1.54) is 57.8 Å². The van der Waals surface area contributed by atoms with Gasteiger partial charge in [-0.1, -0.05) is 31.9 Å². The zero-order chi connectivity index (χ0) is 24.5. The van der Waals surface area contributed by atoms with Crippen molar-refractivity contribution >= 4 is 0 Å². The molecule has 1 spiro atoms. The minimum atomic E-state index is 0.0591. The first-order valence-corrected chi connectivity index (χ1v) is 14.8. The molecule has 11 unspecified atom stereocenters. The minimum Gasteiger partial charge on any atom is -0.403 e. The number of rotatable bonds is 2. The second-order valence-electron chi connectivity index (χ2n) is 13.9. The Morgan fingerprint density at radius 3 is 2.74 bits per heavy atom. The first-order valence-electron chi connectivity index (χ1n) is 14.8. The molecule has 5 nitrogen and oxygen atoms in total. The van der Waals surface area contributed by atoms with Gasteiger partial charge in [-0.2, -0.15) is 0 Å². The fourth-order valence-corrected chi connectivity index (χ4v) is 10.3. The van der Waals surface area contributed by atoms with Gasteiger partial charge in [-0.05, 0) is 113 Å². The summed E-state index contributed by atoms with van der Waals surface area (Å²) in [6.45, 7) is 11.1. The lowest BCUT2D eigenvalue weighted by atomic mass is 9.52. The fraction of sp³-hybridized carbons (Fsp3) is 0.867. The largest absolute Gasteiger partial charge is 0.403 e. The zero-order valence-electron chi connectivity index (χ0n) is 22.6. The van der Waals surface area contributed by atoms with E-state index in [1.54, 1.807) is 11.8 Å². The van der Waals surface area contributed by atoms with Crippen molar-refractivity contribution in [1.29, 1.82) is 0 Å². The smallest absolute Gasteiger partial charge is 0.0765 e. The normalized spacial score (nSPS) is 51.6. The van der Waals surface area contributed by atoms with E-state index in [2.05, 4.69) is 33.0 Å². The van der Waals surface area contributed by atoms with Crippen molar-refractivity contribution in [2.24, 2.45) is 52.5 Å². The Morgan fingerprint density at radius 1 is 1.11 bits per heavy atom. The summed E-state index contributed by atoms with van der Waals surface area (Å²) in [5.74, 6) is 11.0. The number of nitrogens with zero attached hydrogens (tertiary/aromatic N) is 1. The number of nitrogens with two attached hydrogens (primary N) is 2. The van der Waals surface area contributed by atoms with Gasteiger partial charge in [0.05, 0.1) is 11.7 Å². The Balaban J connectivity index is 1.22. The highest BCUT2D eigenvalue weighted by Crippen LogP contribution is 2.65. The van der Waals surface area contributed by atoms with Crippen LogP contribution in [0.1, 0.15) is 91.9 Å². The zero-order valence-corrected chi connectivity index (χ0v) is 22.6. The van der Waals surface area contributed by atoms with Crippen LogP contribution in [0.5, 0.6) is 0 Å². The van der Waals surface area contributed by atoms with Gasteiger partial charge < -0.3 is 20.8 Å². The lowest BCUT2D eigenvalue weighted by molar-refractivity contribution is -0.0758. The van der Waals surface area contributed by atoms with Crippen LogP contribution in [0.2, 0.25) is 0 Å². The third kappa shape index (κ3) is 3.74. The fourth-order valence-electron chi connectivity index (χ4n) is 10.3. The number of fused-ring (bicyclic) bond motifs is 6. The van der Waals surface area contributed by atoms with Gasteiger partial charge in [0.25, 0.3) is 0 Å². The van der Waals surface area contributed by atoms with E-state index in [4.69, 9.17) is 16.3 Å². The number of ether oxygens (including phenoxy) is 1. The molecule has 0 bridgehead atoms. The summed E-state index contributed by atoms with van der Waals surface area (Å²) in [4.78, 5) is 0. The monoisotopic (exact) mass is 482 g/mol. The molecule has 5 N–H and O–H groups in total. The van der Waals surface area contributed by atoms with Gasteiger partial charge in [0.15, 0.2) is 0 Å². The van der Waals surface area contributed by atoms with Gasteiger partial charge in [-0.25, -0.2) is 5.84 Å². The second kappa shape index (κ2) is 8.77. The van der Waals surface area contributed by atoms with Crippen molar-refractivity contribution in [1.82, 2.24) is 10.3 Å². The van der Waals surface area contributed by atoms with Crippen LogP contribution in [-0.4, -0.2) is 35.3 Å². The van der Waals surface area contributed by atoms with Crippen molar-refractivity contribution in [3.05, 3.63) is 23.5 Å². The van der Waals surface area contributed by atoms with Gasteiger partial charge in [-0.15, -0.1) is 0 Å². The molecule has 35 heavy (non-hydrogen) atoms. The predicted octanol–water partition coefficient (Wildman–Crippen LogP) is 5.09. The topological polar surface area (TPSA) is 76.5 Å². The Bertz CT molecular complexity index is 886. The maximum atomic E-state index is 7.06. The summed E-state index contributed by atoms with van der Waals surface area (Å²) in [6.07, 6.45) is 16.7. The van der Waals surface area contributed by atoms with E-state index in [-0.39, 0.29) is 5.60 Å². The third-order valence-electron chi connectivity index (χ3n) is 12.3. The summed E-state index contributed by atoms with van der Waals surface area (Å²) < 4.78 is 7.06. The molecule has 0 aromatic rings. The molecule has 6 aliphatic rings. The van der Waals surface area contributed by atoms with Crippen molar-refractivity contribution < 1.29 is 4.74 Å². The molecule has 0 radical (unpaired) electrons. The number of hydrogen-bond donors (Lipinski definition) is 3. The highest BCUT2D eigenvalue weighted by Gasteiger charge is 2.59. The summed E-state index contributed by atoms with van der Waals surface area (Å²) in [5.41, 5.74) is 9.69. The predicted molar refractivity (Wildman–Crippen MR) is 142 cm³/mol. The van der Waals surface area contributed by atoms with Gasteiger partial charge >= 0.3 is 0 Å². The van der Waals surface area contributed by atoms with Crippen LogP contribution in [0, 0.1) is 40.9 Å². The van der Waals surface area contributed by atoms with Gasteiger partial charge in [0.1, 0.15) is 0 Å². The van der Waals surface area contributed by atoms with Crippen molar-refractivity contribution in [2.75, 3.05) is 6.54 Å². The van der Waals surface area contributed by atoms with Crippen molar-refractivity contribution in [2.45, 2.75) is 116 Å². The van der Waals surface area contributed by atoms with E-state index < -0.39 is 0 Å². The number of hydrogen-bond acceptors (Lipinski definition) is 5. The Labute approximate surface area is 213 Å². The van der Waals surface area contributed by atoms with E-state index in [0.717, 1.165) is 42.6 Å². The maximum Gasteiger partial charge on any atom is 0.0765 e. The number of piperidine rings is 1. The summed E-state index contributed by atoms with van der Waals surface area (Å²) in [5, 5.41) is 5.76. The Kier molecular flexibility index (Phi) is 6.09. The molecule has 5 fully saturated rings. The second-order valence-corrected chi connectivity index (χ2v) is 13.9. The van der Waals surface area contributed by atoms with Crippen LogP contribution in [-0.2, 0) is 4.74 Å². The molecule has 0 aromatic heterocycles. The summed E-state index contributed by atoms with van der Waals surface area (Å²) in [6, 6.07) is 0.994. The highest BCUT2D eigenvalue weighted by atomic mass is 16.5. The molecule has 4 aliphatic carbocycles. The lowest BCUT2D eigenvalue weighted by Gasteiger charge is -2.55. The molecule has 3 saturated carbocycles. The van der Waals surface area contributed by atoms with Gasteiger partial charge in [-0.3, -0.25) is 0 Å². The summed E-state index contributed by atoms with van der Waals surface area (Å²) >= 11 is 0. The SMILES string of the molecule is CC1=C2CC3C(CCC4CC(N(N)C=CN)CCC43C)C2CCC2(C1)OC1CC(C)CNC1C2C. The van der Waals surface area contributed by atoms with Crippen molar-refractivity contribution in [3.63, 3.8) is 0 Å². The quantitative estimate of drug-likeness (QED) is 0.290. The molecular formula is C30H50N4O. The van der Waals surface area contributed by atoms with Crippen LogP contribution in [0.15, 0.2) is 23.5 Å². The van der Waals surface area contributed by atoms with Crippen LogP contribution in [0.25, 0.3) is 0 Å². The average molecular weight is 483 g/mol. The number of nitrogens with one attached hydrogen (secondary N) is 1. The van der Waals surface area contributed by atoms with Gasteiger partial charge in [0, 0.05) is 30.4 Å². The molecule has 2 aliphatic heterocycles. The molecule has 0 amide bonds. The maximum absolute atomic E-state index is 7.06. The standard InChI is InChI=1S/C30H50N4O/c1-18-13-27-28(33-17-18)20(3)30(35-27)10-8-23-24-6-5-21-14-22(34(32)12-11-31)7-9-29(21,4)26(24)15-25(23)19(2)16-30/h11-12,18,20-24,26-28,33H,5-10,13-17,31-32H2,1-4H3. The molecule has 2 saturated heterocycles. The molecule has 196 valence electrons. The van der Waals surface area contributed by atoms with E-state index in [1.807, 2.05) is 16.8 Å². The molecule has 5 heteroatoms. The first kappa shape index (κ1) is 24.3.